The van der Waals surface area contributed by atoms with Gasteiger partial charge in [-0.3, -0.25) is 9.59 Å². The summed E-state index contributed by atoms with van der Waals surface area (Å²) in [5.74, 6) is -0.0865. The maximum absolute atomic E-state index is 13.5. The maximum atomic E-state index is 13.5. The highest BCUT2D eigenvalue weighted by Crippen LogP contribution is 2.67. The molecule has 2 N–H and O–H groups in total. The van der Waals surface area contributed by atoms with Crippen molar-refractivity contribution in [3.8, 4) is 5.75 Å². The van der Waals surface area contributed by atoms with Crippen LogP contribution in [0.1, 0.15) is 58.8 Å². The highest BCUT2D eigenvalue weighted by molar-refractivity contribution is 5.92. The smallest absolute Gasteiger partial charge is 0.202 e. The van der Waals surface area contributed by atoms with Gasteiger partial charge in [0.15, 0.2) is 5.78 Å². The van der Waals surface area contributed by atoms with Gasteiger partial charge in [0.25, 0.3) is 0 Å². The Hall–Kier alpha value is -2.05. The van der Waals surface area contributed by atoms with Crippen LogP contribution in [0.2, 0.25) is 0 Å². The second kappa shape index (κ2) is 7.74. The van der Waals surface area contributed by atoms with E-state index in [9.17, 15) is 24.2 Å². The molecule has 0 saturated heterocycles. The van der Waals surface area contributed by atoms with Crippen LogP contribution in [0.15, 0.2) is 35.9 Å². The molecule has 0 heterocycles. The second-order valence-electron chi connectivity index (χ2n) is 11.1. The van der Waals surface area contributed by atoms with Gasteiger partial charge in [-0.2, -0.15) is 0 Å². The third-order valence-electron chi connectivity index (χ3n) is 9.68. The van der Waals surface area contributed by atoms with E-state index in [0.29, 0.717) is 19.3 Å². The molecule has 0 aliphatic heterocycles. The number of aliphatic hydroxyl groups is 2. The van der Waals surface area contributed by atoms with Crippen LogP contribution in [0, 0.1) is 34.4 Å². The van der Waals surface area contributed by atoms with Gasteiger partial charge in [0.05, 0.1) is 6.10 Å². The highest BCUT2D eigenvalue weighted by Gasteiger charge is 2.68. The van der Waals surface area contributed by atoms with E-state index in [4.69, 9.17) is 4.74 Å². The molecule has 7 atom stereocenters. The minimum Gasteiger partial charge on any atom is -0.486 e. The first-order valence-corrected chi connectivity index (χ1v) is 12.1. The van der Waals surface area contributed by atoms with Crippen LogP contribution in [0.4, 0.5) is 4.39 Å². The topological polar surface area (TPSA) is 83.8 Å². The summed E-state index contributed by atoms with van der Waals surface area (Å²) in [6, 6.07) is 5.61. The molecule has 6 heteroatoms. The molecule has 3 fully saturated rings. The summed E-state index contributed by atoms with van der Waals surface area (Å²) in [6.45, 7) is 3.80. The molecule has 0 spiro atoms. The fraction of sp³-hybridized carbons (Fsp3) is 0.630. The fourth-order valence-electron chi connectivity index (χ4n) is 7.98. The molecule has 5 nitrogen and oxygen atoms in total. The molecule has 3 saturated carbocycles. The number of aliphatic hydroxyl groups excluding tert-OH is 1. The Morgan fingerprint density at radius 3 is 2.76 bits per heavy atom. The summed E-state index contributed by atoms with van der Waals surface area (Å²) in [5, 5.41) is 23.1. The Morgan fingerprint density at radius 2 is 2.00 bits per heavy atom. The molecule has 0 bridgehead atoms. The first-order valence-electron chi connectivity index (χ1n) is 12.1. The van der Waals surface area contributed by atoms with E-state index >= 15 is 0 Å². The Kier molecular flexibility index (Phi) is 5.33. The number of carbonyl (C=O) groups excluding carboxylic acids is 2. The first kappa shape index (κ1) is 22.7. The number of benzene rings is 1. The number of ether oxygens (including phenoxy) is 1. The number of fused-ring (bicyclic) bond motifs is 5. The van der Waals surface area contributed by atoms with Gasteiger partial charge in [0, 0.05) is 17.9 Å². The average molecular weight is 457 g/mol. The van der Waals surface area contributed by atoms with E-state index in [0.717, 1.165) is 31.3 Å². The lowest BCUT2D eigenvalue weighted by Crippen LogP contribution is -2.62. The number of Topliss-reactive ketones (excluding diaryl/α,β-unsaturated/α-hetero) is 1. The minimum absolute atomic E-state index is 0.0321. The van der Waals surface area contributed by atoms with E-state index in [1.165, 1.54) is 18.2 Å². The molecule has 5 unspecified atom stereocenters. The van der Waals surface area contributed by atoms with Gasteiger partial charge < -0.3 is 14.9 Å². The quantitative estimate of drug-likeness (QED) is 0.715. The van der Waals surface area contributed by atoms with Crippen molar-refractivity contribution in [2.24, 2.45) is 28.6 Å². The van der Waals surface area contributed by atoms with Gasteiger partial charge >= 0.3 is 0 Å². The molecular formula is C27H33FO5. The predicted octanol–water partition coefficient (Wildman–Crippen LogP) is 4.01. The Morgan fingerprint density at radius 1 is 1.21 bits per heavy atom. The van der Waals surface area contributed by atoms with E-state index in [2.05, 4.69) is 6.92 Å². The van der Waals surface area contributed by atoms with E-state index in [1.807, 2.05) is 6.92 Å². The molecule has 4 aliphatic carbocycles. The maximum Gasteiger partial charge on any atom is 0.202 e. The fourth-order valence-corrected chi connectivity index (χ4v) is 7.98. The van der Waals surface area contributed by atoms with Crippen molar-refractivity contribution in [1.82, 2.24) is 0 Å². The zero-order chi connectivity index (χ0) is 23.6. The third kappa shape index (κ3) is 3.32. The number of carbonyl (C=O) groups is 2. The Balaban J connectivity index is 1.39. The van der Waals surface area contributed by atoms with E-state index in [1.54, 1.807) is 12.1 Å². The Labute approximate surface area is 194 Å². The molecule has 0 amide bonds. The molecular weight excluding hydrogens is 423 g/mol. The number of hydrogen-bond donors (Lipinski definition) is 2. The van der Waals surface area contributed by atoms with Crippen molar-refractivity contribution < 1.29 is 28.9 Å². The predicted molar refractivity (Wildman–Crippen MR) is 120 cm³/mol. The number of rotatable bonds is 4. The van der Waals surface area contributed by atoms with Gasteiger partial charge in [-0.15, -0.1) is 0 Å². The van der Waals surface area contributed by atoms with E-state index < -0.39 is 28.7 Å². The molecule has 33 heavy (non-hydrogen) atoms. The third-order valence-corrected chi connectivity index (χ3v) is 9.68. The Bertz CT molecular complexity index is 1020. The van der Waals surface area contributed by atoms with Crippen molar-refractivity contribution in [3.05, 3.63) is 41.7 Å². The monoisotopic (exact) mass is 456 g/mol. The number of ketones is 2. The lowest BCUT2D eigenvalue weighted by molar-refractivity contribution is -0.181. The highest BCUT2D eigenvalue weighted by atomic mass is 19.1. The average Bonchev–Trinajstić information content (AvgIpc) is 3.03. The van der Waals surface area contributed by atoms with Crippen LogP contribution >= 0.6 is 0 Å². The van der Waals surface area contributed by atoms with Gasteiger partial charge in [0.2, 0.25) is 5.78 Å². The van der Waals surface area contributed by atoms with Gasteiger partial charge in [-0.25, -0.2) is 4.39 Å². The van der Waals surface area contributed by atoms with Crippen molar-refractivity contribution in [2.45, 2.75) is 70.5 Å². The summed E-state index contributed by atoms with van der Waals surface area (Å²) in [7, 11) is 0. The summed E-state index contributed by atoms with van der Waals surface area (Å²) in [4.78, 5) is 25.3. The van der Waals surface area contributed by atoms with Crippen molar-refractivity contribution in [1.29, 1.82) is 0 Å². The van der Waals surface area contributed by atoms with Crippen molar-refractivity contribution >= 4 is 11.6 Å². The van der Waals surface area contributed by atoms with Crippen LogP contribution in [0.5, 0.6) is 5.75 Å². The van der Waals surface area contributed by atoms with Gasteiger partial charge in [-0.1, -0.05) is 25.5 Å². The second-order valence-corrected chi connectivity index (χ2v) is 11.1. The minimum atomic E-state index is -1.59. The van der Waals surface area contributed by atoms with Crippen LogP contribution in [-0.4, -0.2) is 40.1 Å². The zero-order valence-corrected chi connectivity index (χ0v) is 19.4. The lowest BCUT2D eigenvalue weighted by Gasteiger charge is -2.60. The van der Waals surface area contributed by atoms with Crippen LogP contribution in [-0.2, 0) is 9.59 Å². The van der Waals surface area contributed by atoms with Crippen molar-refractivity contribution in [2.75, 3.05) is 6.61 Å². The molecule has 0 radical (unpaired) electrons. The summed E-state index contributed by atoms with van der Waals surface area (Å²) in [5.41, 5.74) is -1.38. The summed E-state index contributed by atoms with van der Waals surface area (Å²) >= 11 is 0. The number of halogens is 1. The van der Waals surface area contributed by atoms with Crippen molar-refractivity contribution in [3.63, 3.8) is 0 Å². The van der Waals surface area contributed by atoms with Crippen LogP contribution in [0.3, 0.4) is 0 Å². The van der Waals surface area contributed by atoms with E-state index in [-0.39, 0.29) is 41.3 Å². The first-order chi connectivity index (χ1) is 15.6. The van der Waals surface area contributed by atoms with Crippen LogP contribution < -0.4 is 4.74 Å². The summed E-state index contributed by atoms with van der Waals surface area (Å²) in [6.07, 6.45) is 5.52. The largest absolute Gasteiger partial charge is 0.486 e. The molecule has 1 aromatic carbocycles. The molecule has 4 aliphatic rings. The standard InChI is InChI=1S/C27H33FO5/c1-25-10-8-18(29)12-16(25)6-7-20-21-9-11-27(32,26(21,2)14-22(30)24(20)25)23(31)15-33-19-5-3-4-17(28)13-19/h3-5,12-13,20-22,24,30,32H,6-11,14-15H2,1-2H3/t20?,21?,22-,24?,25?,26?,27-/m0/s1. The molecule has 1 aromatic rings. The van der Waals surface area contributed by atoms with Crippen LogP contribution in [0.25, 0.3) is 0 Å². The SMILES string of the molecule is CC12CCC(=O)C=C1CCC1C2[C@@H](O)CC2(C)C1CC[C@]2(O)C(=O)COc1cccc(F)c1. The molecule has 178 valence electrons. The van der Waals surface area contributed by atoms with Gasteiger partial charge in [0.1, 0.15) is 23.8 Å². The van der Waals surface area contributed by atoms with Gasteiger partial charge in [-0.05, 0) is 79.9 Å². The lowest BCUT2D eigenvalue weighted by atomic mass is 9.45. The number of allylic oxidation sites excluding steroid dienone is 1. The summed E-state index contributed by atoms with van der Waals surface area (Å²) < 4.78 is 19.0. The number of hydrogen-bond acceptors (Lipinski definition) is 5. The zero-order valence-electron chi connectivity index (χ0n) is 19.4. The molecule has 5 rings (SSSR count). The molecule has 0 aromatic heterocycles. The normalized spacial score (nSPS) is 42.1.